The van der Waals surface area contributed by atoms with Crippen molar-refractivity contribution in [2.75, 3.05) is 13.1 Å². The van der Waals surface area contributed by atoms with E-state index in [-0.39, 0.29) is 5.92 Å². The molecule has 1 aliphatic heterocycles. The molecule has 27 heavy (non-hydrogen) atoms. The van der Waals surface area contributed by atoms with E-state index in [0.717, 1.165) is 43.7 Å². The van der Waals surface area contributed by atoms with E-state index in [9.17, 15) is 4.79 Å². The summed E-state index contributed by atoms with van der Waals surface area (Å²) >= 11 is 0. The minimum atomic E-state index is 0.146. The lowest BCUT2D eigenvalue weighted by Crippen LogP contribution is -2.36. The van der Waals surface area contributed by atoms with Gasteiger partial charge in [-0.25, -0.2) is 0 Å². The number of pyridine rings is 1. The van der Waals surface area contributed by atoms with E-state index in [1.165, 1.54) is 11.1 Å². The average Bonchev–Trinajstić information content (AvgIpc) is 2.75. The summed E-state index contributed by atoms with van der Waals surface area (Å²) in [6.45, 7) is 2.73. The number of ketones is 1. The summed E-state index contributed by atoms with van der Waals surface area (Å²) in [5, 5.41) is 0. The van der Waals surface area contributed by atoms with Gasteiger partial charge in [-0.2, -0.15) is 0 Å². The molecule has 0 atom stereocenters. The van der Waals surface area contributed by atoms with Crippen molar-refractivity contribution in [3.63, 3.8) is 0 Å². The normalized spacial score (nSPS) is 15.6. The van der Waals surface area contributed by atoms with E-state index >= 15 is 0 Å². The van der Waals surface area contributed by atoms with E-state index in [4.69, 9.17) is 0 Å². The third-order valence-electron chi connectivity index (χ3n) is 5.33. The van der Waals surface area contributed by atoms with Gasteiger partial charge in [-0.05, 0) is 49.2 Å². The molecule has 3 nitrogen and oxygen atoms in total. The van der Waals surface area contributed by atoms with Gasteiger partial charge < -0.3 is 0 Å². The van der Waals surface area contributed by atoms with Crippen molar-refractivity contribution in [2.45, 2.75) is 19.4 Å². The van der Waals surface area contributed by atoms with Gasteiger partial charge in [0, 0.05) is 24.2 Å². The molecule has 1 fully saturated rings. The van der Waals surface area contributed by atoms with Gasteiger partial charge in [-0.15, -0.1) is 0 Å². The molecule has 2 heterocycles. The third-order valence-corrected chi connectivity index (χ3v) is 5.33. The highest BCUT2D eigenvalue weighted by atomic mass is 16.1. The molecular weight excluding hydrogens is 332 g/mol. The number of benzene rings is 2. The van der Waals surface area contributed by atoms with Crippen LogP contribution >= 0.6 is 0 Å². The lowest BCUT2D eigenvalue weighted by molar-refractivity contribution is 0.0834. The number of hydrogen-bond donors (Lipinski definition) is 0. The molecule has 4 rings (SSSR count). The van der Waals surface area contributed by atoms with Gasteiger partial charge in [-0.1, -0.05) is 60.7 Å². The van der Waals surface area contributed by atoms with Crippen molar-refractivity contribution in [2.24, 2.45) is 5.92 Å². The summed E-state index contributed by atoms with van der Waals surface area (Å²) in [5.41, 5.74) is 4.35. The van der Waals surface area contributed by atoms with Crippen LogP contribution in [0, 0.1) is 5.92 Å². The fourth-order valence-electron chi connectivity index (χ4n) is 3.80. The molecule has 0 N–H and O–H groups in total. The zero-order valence-corrected chi connectivity index (χ0v) is 15.4. The number of aromatic nitrogens is 1. The second-order valence-corrected chi connectivity index (χ2v) is 7.18. The van der Waals surface area contributed by atoms with Gasteiger partial charge in [-0.3, -0.25) is 14.7 Å². The molecule has 0 radical (unpaired) electrons. The molecule has 1 aliphatic rings. The second-order valence-electron chi connectivity index (χ2n) is 7.18. The van der Waals surface area contributed by atoms with Crippen molar-refractivity contribution in [1.82, 2.24) is 9.88 Å². The minimum Gasteiger partial charge on any atom is -0.297 e. The number of Topliss-reactive ketones (excluding diaryl/α,β-unsaturated/α-hetero) is 1. The van der Waals surface area contributed by atoms with Crippen molar-refractivity contribution in [1.29, 1.82) is 0 Å². The van der Waals surface area contributed by atoms with Crippen LogP contribution in [0.25, 0.3) is 11.1 Å². The minimum absolute atomic E-state index is 0.146. The zero-order chi connectivity index (χ0) is 18.5. The molecule has 1 aromatic heterocycles. The van der Waals surface area contributed by atoms with Gasteiger partial charge in [0.2, 0.25) is 0 Å². The highest BCUT2D eigenvalue weighted by molar-refractivity contribution is 5.97. The number of hydrogen-bond acceptors (Lipinski definition) is 3. The van der Waals surface area contributed by atoms with Gasteiger partial charge >= 0.3 is 0 Å². The summed E-state index contributed by atoms with van der Waals surface area (Å²) in [7, 11) is 0. The maximum atomic E-state index is 12.6. The Morgan fingerprint density at radius 1 is 0.889 bits per heavy atom. The maximum absolute atomic E-state index is 12.6. The first kappa shape index (κ1) is 17.6. The van der Waals surface area contributed by atoms with Crippen molar-refractivity contribution >= 4 is 5.78 Å². The Hall–Kier alpha value is -2.78. The number of carbonyl (C=O) groups excluding carboxylic acids is 1. The van der Waals surface area contributed by atoms with Crippen LogP contribution in [-0.4, -0.2) is 28.8 Å². The number of rotatable bonds is 5. The number of carbonyl (C=O) groups is 1. The van der Waals surface area contributed by atoms with E-state index in [0.29, 0.717) is 5.78 Å². The van der Waals surface area contributed by atoms with Gasteiger partial charge in [0.1, 0.15) is 0 Å². The van der Waals surface area contributed by atoms with Crippen molar-refractivity contribution < 1.29 is 4.79 Å². The molecule has 0 spiro atoms. The zero-order valence-electron chi connectivity index (χ0n) is 15.4. The first-order valence-corrected chi connectivity index (χ1v) is 9.61. The van der Waals surface area contributed by atoms with Crippen molar-refractivity contribution in [3.8, 4) is 11.1 Å². The maximum Gasteiger partial charge on any atom is 0.166 e. The van der Waals surface area contributed by atoms with Gasteiger partial charge in [0.15, 0.2) is 5.78 Å². The number of nitrogens with zero attached hydrogens (tertiary/aromatic N) is 2. The van der Waals surface area contributed by atoms with Crippen LogP contribution in [0.1, 0.15) is 28.9 Å². The van der Waals surface area contributed by atoms with E-state index in [1.54, 1.807) is 0 Å². The largest absolute Gasteiger partial charge is 0.297 e. The Balaban J connectivity index is 1.36. The second kappa shape index (κ2) is 8.28. The van der Waals surface area contributed by atoms with E-state index in [1.807, 2.05) is 42.6 Å². The lowest BCUT2D eigenvalue weighted by atomic mass is 9.89. The molecule has 0 aliphatic carbocycles. The first-order valence-electron chi connectivity index (χ1n) is 9.61. The SMILES string of the molecule is O=C(c1ccccc1)C1CCN(Cc2cc(-c3ccccc3)ccn2)CC1. The van der Waals surface area contributed by atoms with Crippen LogP contribution < -0.4 is 0 Å². The van der Waals surface area contributed by atoms with Crippen LogP contribution in [0.3, 0.4) is 0 Å². The summed E-state index contributed by atoms with van der Waals surface area (Å²) in [4.78, 5) is 19.6. The first-order chi connectivity index (χ1) is 13.3. The lowest BCUT2D eigenvalue weighted by Gasteiger charge is -2.31. The van der Waals surface area contributed by atoms with Gasteiger partial charge in [0.25, 0.3) is 0 Å². The fraction of sp³-hybridized carbons (Fsp3) is 0.250. The number of piperidine rings is 1. The topological polar surface area (TPSA) is 33.2 Å². The Morgan fingerprint density at radius 3 is 2.26 bits per heavy atom. The highest BCUT2D eigenvalue weighted by Gasteiger charge is 2.25. The molecule has 3 heteroatoms. The Morgan fingerprint density at radius 2 is 1.56 bits per heavy atom. The monoisotopic (exact) mass is 356 g/mol. The smallest absolute Gasteiger partial charge is 0.166 e. The van der Waals surface area contributed by atoms with Crippen LogP contribution in [0.15, 0.2) is 79.0 Å². The van der Waals surface area contributed by atoms with Crippen LogP contribution in [0.4, 0.5) is 0 Å². The van der Waals surface area contributed by atoms with Crippen molar-refractivity contribution in [3.05, 3.63) is 90.3 Å². The van der Waals surface area contributed by atoms with Crippen LogP contribution in [-0.2, 0) is 6.54 Å². The quantitative estimate of drug-likeness (QED) is 0.613. The predicted molar refractivity (Wildman–Crippen MR) is 108 cm³/mol. The highest BCUT2D eigenvalue weighted by Crippen LogP contribution is 2.24. The molecule has 0 bridgehead atoms. The molecule has 136 valence electrons. The molecular formula is C24H24N2O. The molecule has 0 saturated carbocycles. The van der Waals surface area contributed by atoms with E-state index in [2.05, 4.69) is 46.3 Å². The summed E-state index contributed by atoms with van der Waals surface area (Å²) < 4.78 is 0. The standard InChI is InChI=1S/C24H24N2O/c27-24(20-9-5-2-6-10-20)21-12-15-26(16-13-21)18-23-17-22(11-14-25-23)19-7-3-1-4-8-19/h1-11,14,17,21H,12-13,15-16,18H2. The third kappa shape index (κ3) is 4.32. The number of likely N-dealkylation sites (tertiary alicyclic amines) is 1. The summed E-state index contributed by atoms with van der Waals surface area (Å²) in [6, 6.07) is 24.3. The van der Waals surface area contributed by atoms with Crippen LogP contribution in [0.2, 0.25) is 0 Å². The van der Waals surface area contributed by atoms with E-state index < -0.39 is 0 Å². The Labute approximate surface area is 160 Å². The predicted octanol–water partition coefficient (Wildman–Crippen LogP) is 4.84. The molecule has 2 aromatic carbocycles. The Bertz CT molecular complexity index is 885. The molecule has 0 amide bonds. The molecule has 1 saturated heterocycles. The fourth-order valence-corrected chi connectivity index (χ4v) is 3.80. The Kier molecular flexibility index (Phi) is 5.40. The van der Waals surface area contributed by atoms with Crippen LogP contribution in [0.5, 0.6) is 0 Å². The summed E-state index contributed by atoms with van der Waals surface area (Å²) in [5.74, 6) is 0.437. The van der Waals surface area contributed by atoms with Gasteiger partial charge in [0.05, 0.1) is 5.69 Å². The molecule has 0 unspecified atom stereocenters. The average molecular weight is 356 g/mol. The summed E-state index contributed by atoms with van der Waals surface area (Å²) in [6.07, 6.45) is 3.74. The molecule has 3 aromatic rings.